The zero-order chi connectivity index (χ0) is 39.6. The first-order chi connectivity index (χ1) is 25.1. The Labute approximate surface area is 312 Å². The summed E-state index contributed by atoms with van der Waals surface area (Å²) in [6.07, 6.45) is -2.97. The van der Waals surface area contributed by atoms with Crippen LogP contribution in [0.5, 0.6) is 0 Å². The van der Waals surface area contributed by atoms with Crippen molar-refractivity contribution in [3.8, 4) is 0 Å². The van der Waals surface area contributed by atoms with Crippen LogP contribution in [0.3, 0.4) is 0 Å². The Hall–Kier alpha value is -2.73. The van der Waals surface area contributed by atoms with E-state index in [1.807, 2.05) is 13.0 Å². The second-order valence-corrected chi connectivity index (χ2v) is 14.7. The fourth-order valence-electron chi connectivity index (χ4n) is 7.34. The molecule has 53 heavy (non-hydrogen) atoms. The van der Waals surface area contributed by atoms with Crippen LogP contribution in [-0.2, 0) is 47.5 Å². The van der Waals surface area contributed by atoms with Gasteiger partial charge in [0.15, 0.2) is 23.9 Å². The van der Waals surface area contributed by atoms with E-state index in [-0.39, 0.29) is 31.0 Å². The summed E-state index contributed by atoms with van der Waals surface area (Å²) < 4.78 is 40.9. The molecule has 3 rings (SSSR count). The molecule has 4 N–H and O–H groups in total. The molecule has 0 bridgehead atoms. The van der Waals surface area contributed by atoms with Crippen LogP contribution in [0.25, 0.3) is 0 Å². The number of ether oxygens (including phenoxy) is 7. The first-order valence-electron chi connectivity index (χ1n) is 18.3. The maximum Gasteiger partial charge on any atom is 0.308 e. The Balaban J connectivity index is 1.96. The van der Waals surface area contributed by atoms with Gasteiger partial charge in [-0.2, -0.15) is 0 Å². The molecule has 0 saturated carbocycles. The van der Waals surface area contributed by atoms with Gasteiger partial charge < -0.3 is 63.3 Å². The maximum absolute atomic E-state index is 13.5. The molecule has 0 aliphatic carbocycles. The molecular weight excluding hydrogens is 694 g/mol. The molecule has 0 aromatic rings. The van der Waals surface area contributed by atoms with Crippen molar-refractivity contribution in [2.75, 3.05) is 34.9 Å². The summed E-state index contributed by atoms with van der Waals surface area (Å²) in [6, 6.07) is -0.741. The summed E-state index contributed by atoms with van der Waals surface area (Å²) in [5.74, 6) is -3.56. The third-order valence-corrected chi connectivity index (χ3v) is 10.5. The van der Waals surface area contributed by atoms with Crippen LogP contribution < -0.4 is 0 Å². The van der Waals surface area contributed by atoms with Gasteiger partial charge in [0.25, 0.3) is 0 Å². The van der Waals surface area contributed by atoms with Crippen molar-refractivity contribution < 1.29 is 68.0 Å². The van der Waals surface area contributed by atoms with Crippen molar-refractivity contribution in [3.05, 3.63) is 35.8 Å². The predicted molar refractivity (Wildman–Crippen MR) is 191 cm³/mol. The van der Waals surface area contributed by atoms with Gasteiger partial charge >= 0.3 is 5.97 Å². The molecule has 0 aromatic heterocycles. The van der Waals surface area contributed by atoms with Gasteiger partial charge in [0.05, 0.1) is 43.5 Å². The number of aldehydes is 1. The Morgan fingerprint density at radius 1 is 1.00 bits per heavy atom. The minimum absolute atomic E-state index is 0.0100. The first kappa shape index (κ1) is 44.7. The van der Waals surface area contributed by atoms with E-state index in [9.17, 15) is 34.8 Å². The lowest BCUT2D eigenvalue weighted by atomic mass is 9.79. The number of rotatable bonds is 11. The molecular formula is C38H61NO14. The Kier molecular flexibility index (Phi) is 17.5. The van der Waals surface area contributed by atoms with Gasteiger partial charge in [0, 0.05) is 38.4 Å². The maximum atomic E-state index is 13.5. The molecule has 0 amide bonds. The summed E-state index contributed by atoms with van der Waals surface area (Å²) in [5.41, 5.74) is 0.690. The Bertz CT molecular complexity index is 1290. The number of aliphatic hydroxyl groups is 4. The largest absolute Gasteiger partial charge is 0.506 e. The van der Waals surface area contributed by atoms with E-state index in [4.69, 9.17) is 33.2 Å². The van der Waals surface area contributed by atoms with Gasteiger partial charge in [0.2, 0.25) is 6.29 Å². The highest BCUT2D eigenvalue weighted by molar-refractivity contribution is 5.91. The van der Waals surface area contributed by atoms with Crippen molar-refractivity contribution in [1.82, 2.24) is 4.90 Å². The van der Waals surface area contributed by atoms with Crippen molar-refractivity contribution in [1.29, 1.82) is 0 Å². The van der Waals surface area contributed by atoms with Gasteiger partial charge in [-0.1, -0.05) is 38.5 Å². The number of hydrogen-bond donors (Lipinski definition) is 4. The topological polar surface area (TPSA) is 200 Å². The van der Waals surface area contributed by atoms with E-state index < -0.39 is 104 Å². The van der Waals surface area contributed by atoms with Crippen molar-refractivity contribution in [2.24, 2.45) is 23.7 Å². The molecule has 3 aliphatic rings. The highest BCUT2D eigenvalue weighted by Crippen LogP contribution is 2.34. The average molecular weight is 756 g/mol. The number of hydrogen-bond acceptors (Lipinski definition) is 15. The second-order valence-electron chi connectivity index (χ2n) is 14.7. The predicted octanol–water partition coefficient (Wildman–Crippen LogP) is 2.21. The van der Waals surface area contributed by atoms with Gasteiger partial charge in [-0.05, 0) is 52.8 Å². The van der Waals surface area contributed by atoms with Crippen molar-refractivity contribution in [3.63, 3.8) is 0 Å². The number of nitrogens with zero attached hydrogens (tertiary/aromatic N) is 1. The smallest absolute Gasteiger partial charge is 0.308 e. The van der Waals surface area contributed by atoms with E-state index in [1.54, 1.807) is 52.8 Å². The minimum Gasteiger partial charge on any atom is -0.506 e. The van der Waals surface area contributed by atoms with Crippen LogP contribution in [0, 0.1) is 23.7 Å². The number of cyclic esters (lactones) is 1. The molecule has 15 heteroatoms. The number of carbonyl (C=O) groups is 3. The third kappa shape index (κ3) is 11.6. The van der Waals surface area contributed by atoms with Crippen molar-refractivity contribution in [2.45, 2.75) is 128 Å². The van der Waals surface area contributed by atoms with Crippen molar-refractivity contribution >= 4 is 18.0 Å². The normalized spacial score (nSPS) is 41.1. The zero-order valence-electron chi connectivity index (χ0n) is 32.4. The van der Waals surface area contributed by atoms with Gasteiger partial charge in [-0.25, -0.2) is 0 Å². The standard InChI is InChI=1S/C38H61NO14/c1-10-29-25(18-49-38-36(48-9)35(47-8)28(43)19-50-38)15-20(2)11-12-26(41)21(3)16-24(13-14-40)34(22(4)27(42)17-30(44)52-29)53-37-33(46)31(39(6)7)32(45)23(5)51-37/h11-12,14-15,19,21-25,27,29,31-38,42-43,45-46H,10,13,16-18H2,1-9H3/b12-11+,20-15+/t21-,22+,23?,24+,25?,27-,29-,31?,32-,33?,34-,35?,36?,37+,38-/m1/s1. The molecule has 15 atom stereocenters. The minimum atomic E-state index is -1.32. The molecule has 3 heterocycles. The summed E-state index contributed by atoms with van der Waals surface area (Å²) in [6.45, 7) is 8.70. The number of aliphatic hydroxyl groups excluding tert-OH is 4. The molecule has 1 saturated heterocycles. The lowest BCUT2D eigenvalue weighted by molar-refractivity contribution is -0.304. The molecule has 1 fully saturated rings. The fraction of sp³-hybridized carbons (Fsp3) is 0.763. The average Bonchev–Trinajstić information content (AvgIpc) is 3.11. The second kappa shape index (κ2) is 20.8. The van der Waals surface area contributed by atoms with Crippen LogP contribution in [0.15, 0.2) is 35.8 Å². The lowest BCUT2D eigenvalue weighted by Crippen LogP contribution is -2.63. The summed E-state index contributed by atoms with van der Waals surface area (Å²) in [7, 11) is 6.28. The van der Waals surface area contributed by atoms with E-state index in [0.29, 0.717) is 12.0 Å². The molecule has 6 unspecified atom stereocenters. The number of carbonyl (C=O) groups excluding carboxylic acids is 3. The van der Waals surface area contributed by atoms with E-state index in [2.05, 4.69) is 0 Å². The van der Waals surface area contributed by atoms with Crippen LogP contribution in [0.2, 0.25) is 0 Å². The SMILES string of the molecule is CC[C@H]1OC(=O)C[C@@H](O)[C@H](C)[C@@H](O[C@@H]2OC(C)[C@@H](O)C(N(C)C)C2O)[C@@H](CC=O)C[C@@H](C)C(=O)/C=C/C(C)=C/C1CO[C@@H]1OC=C(O)C(OC)C1OC. The van der Waals surface area contributed by atoms with E-state index in [1.165, 1.54) is 20.3 Å². The van der Waals surface area contributed by atoms with Crippen LogP contribution >= 0.6 is 0 Å². The number of likely N-dealkylation sites (N-methyl/N-ethyl adjacent to an activating group) is 1. The molecule has 302 valence electrons. The fourth-order valence-corrected chi connectivity index (χ4v) is 7.34. The quantitative estimate of drug-likeness (QED) is 0.177. The molecule has 3 aliphatic heterocycles. The van der Waals surface area contributed by atoms with Gasteiger partial charge in [-0.15, -0.1) is 0 Å². The van der Waals surface area contributed by atoms with E-state index >= 15 is 0 Å². The molecule has 0 aromatic carbocycles. The first-order valence-corrected chi connectivity index (χ1v) is 18.3. The monoisotopic (exact) mass is 755 g/mol. The molecule has 0 radical (unpaired) electrons. The molecule has 15 nitrogen and oxygen atoms in total. The molecule has 0 spiro atoms. The Morgan fingerprint density at radius 2 is 1.70 bits per heavy atom. The summed E-state index contributed by atoms with van der Waals surface area (Å²) >= 11 is 0. The number of esters is 1. The lowest BCUT2D eigenvalue weighted by Gasteiger charge is -2.46. The van der Waals surface area contributed by atoms with Gasteiger partial charge in [0.1, 0.15) is 30.9 Å². The van der Waals surface area contributed by atoms with Crippen LogP contribution in [-0.4, -0.2) is 146 Å². The highest BCUT2D eigenvalue weighted by Gasteiger charge is 2.47. The number of methoxy groups -OCH3 is 2. The Morgan fingerprint density at radius 3 is 2.30 bits per heavy atom. The van der Waals surface area contributed by atoms with E-state index in [0.717, 1.165) is 12.5 Å². The van der Waals surface area contributed by atoms with Crippen LogP contribution in [0.4, 0.5) is 0 Å². The van der Waals surface area contributed by atoms with Crippen LogP contribution in [0.1, 0.15) is 60.3 Å². The summed E-state index contributed by atoms with van der Waals surface area (Å²) in [4.78, 5) is 40.7. The van der Waals surface area contributed by atoms with Gasteiger partial charge in [-0.3, -0.25) is 9.59 Å². The summed E-state index contributed by atoms with van der Waals surface area (Å²) in [5, 5.41) is 43.8. The number of allylic oxidation sites excluding steroid dienone is 3. The number of ketones is 1. The third-order valence-electron chi connectivity index (χ3n) is 10.5. The zero-order valence-corrected chi connectivity index (χ0v) is 32.4. The highest BCUT2D eigenvalue weighted by atomic mass is 16.7.